The zero-order valence-electron chi connectivity index (χ0n) is 15.0. The van der Waals surface area contributed by atoms with E-state index in [0.29, 0.717) is 18.2 Å². The van der Waals surface area contributed by atoms with Crippen molar-refractivity contribution in [3.63, 3.8) is 0 Å². The first-order chi connectivity index (χ1) is 12.7. The average Bonchev–Trinajstić information content (AvgIpc) is 3.14. The Morgan fingerprint density at radius 1 is 1.23 bits per heavy atom. The number of anilines is 1. The van der Waals surface area contributed by atoms with E-state index in [1.807, 2.05) is 18.2 Å². The lowest BCUT2D eigenvalue weighted by atomic mass is 10.1. The van der Waals surface area contributed by atoms with Crippen LogP contribution in [0.2, 0.25) is 0 Å². The summed E-state index contributed by atoms with van der Waals surface area (Å²) in [6.07, 6.45) is 1.06. The molecule has 2 aromatic carbocycles. The Kier molecular flexibility index (Phi) is 5.73. The summed E-state index contributed by atoms with van der Waals surface area (Å²) in [5, 5.41) is 6.78. The molecule has 4 N–H and O–H groups in total. The maximum absolute atomic E-state index is 11.3. The van der Waals surface area contributed by atoms with Gasteiger partial charge in [0.05, 0.1) is 0 Å². The molecular weight excluding hydrogens is 326 g/mol. The van der Waals surface area contributed by atoms with Crippen molar-refractivity contribution in [1.29, 1.82) is 0 Å². The number of guanidine groups is 1. The molecule has 0 bridgehead atoms. The van der Waals surface area contributed by atoms with E-state index in [4.69, 9.17) is 5.73 Å². The normalized spacial score (nSPS) is 17.2. The van der Waals surface area contributed by atoms with Crippen molar-refractivity contribution < 1.29 is 4.79 Å². The molecule has 3 rings (SSSR count). The summed E-state index contributed by atoms with van der Waals surface area (Å²) in [6.45, 7) is 2.55. The molecule has 0 aromatic heterocycles. The Morgan fingerprint density at radius 3 is 2.77 bits per heavy atom. The minimum absolute atomic E-state index is 0.346. The number of carbonyl (C=O) groups is 1. The molecule has 0 aliphatic carbocycles. The highest BCUT2D eigenvalue weighted by Crippen LogP contribution is 2.19. The molecule has 6 nitrogen and oxygen atoms in total. The van der Waals surface area contributed by atoms with Gasteiger partial charge >= 0.3 is 0 Å². The zero-order chi connectivity index (χ0) is 18.4. The van der Waals surface area contributed by atoms with Crippen LogP contribution in [-0.4, -0.2) is 38.0 Å². The quantitative estimate of drug-likeness (QED) is 0.566. The molecule has 2 aromatic rings. The van der Waals surface area contributed by atoms with Crippen molar-refractivity contribution in [2.24, 2.45) is 10.7 Å². The SMILES string of the molecule is CN=C(NCc1cccc(C(N)=O)c1)NC1CCN(c2ccccc2)C1. The fourth-order valence-corrected chi connectivity index (χ4v) is 3.16. The molecular formula is C20H25N5O. The minimum Gasteiger partial charge on any atom is -0.369 e. The minimum atomic E-state index is -0.415. The van der Waals surface area contributed by atoms with Gasteiger partial charge in [0.1, 0.15) is 0 Å². The number of benzene rings is 2. The smallest absolute Gasteiger partial charge is 0.248 e. The number of para-hydroxylation sites is 1. The molecule has 1 unspecified atom stereocenters. The van der Waals surface area contributed by atoms with Gasteiger partial charge in [0, 0.05) is 44.0 Å². The lowest BCUT2D eigenvalue weighted by molar-refractivity contribution is 0.1000. The van der Waals surface area contributed by atoms with Crippen molar-refractivity contribution in [2.45, 2.75) is 19.0 Å². The fraction of sp³-hybridized carbons (Fsp3) is 0.300. The third kappa shape index (κ3) is 4.53. The predicted molar refractivity (Wildman–Crippen MR) is 105 cm³/mol. The standard InChI is InChI=1S/C20H25N5O/c1-22-20(23-13-15-6-5-7-16(12-15)19(21)26)24-17-10-11-25(14-17)18-8-3-2-4-9-18/h2-9,12,17H,10-11,13-14H2,1H3,(H2,21,26)(H2,22,23,24). The molecule has 1 fully saturated rings. The third-order valence-electron chi connectivity index (χ3n) is 4.55. The van der Waals surface area contributed by atoms with E-state index in [1.54, 1.807) is 19.2 Å². The van der Waals surface area contributed by atoms with Gasteiger partial charge in [-0.3, -0.25) is 9.79 Å². The number of primary amides is 1. The van der Waals surface area contributed by atoms with Crippen molar-refractivity contribution >= 4 is 17.6 Å². The highest BCUT2D eigenvalue weighted by molar-refractivity contribution is 5.92. The van der Waals surface area contributed by atoms with Crippen molar-refractivity contribution in [2.75, 3.05) is 25.0 Å². The van der Waals surface area contributed by atoms with Crippen LogP contribution in [0.15, 0.2) is 59.6 Å². The Balaban J connectivity index is 1.52. The van der Waals surface area contributed by atoms with Crippen LogP contribution in [-0.2, 0) is 6.54 Å². The van der Waals surface area contributed by atoms with Crippen molar-refractivity contribution in [3.05, 3.63) is 65.7 Å². The number of nitrogens with zero attached hydrogens (tertiary/aromatic N) is 2. The second kappa shape index (κ2) is 8.38. The topological polar surface area (TPSA) is 82.7 Å². The van der Waals surface area contributed by atoms with Crippen LogP contribution in [0.1, 0.15) is 22.3 Å². The molecule has 0 radical (unpaired) electrons. The first-order valence-corrected chi connectivity index (χ1v) is 8.81. The second-order valence-electron chi connectivity index (χ2n) is 6.40. The van der Waals surface area contributed by atoms with E-state index < -0.39 is 5.91 Å². The third-order valence-corrected chi connectivity index (χ3v) is 4.55. The molecule has 6 heteroatoms. The van der Waals surface area contributed by atoms with Gasteiger partial charge in [-0.2, -0.15) is 0 Å². The number of hydrogen-bond donors (Lipinski definition) is 3. The van der Waals surface area contributed by atoms with Gasteiger partial charge in [-0.05, 0) is 36.2 Å². The molecule has 1 saturated heterocycles. The molecule has 1 heterocycles. The lowest BCUT2D eigenvalue weighted by Gasteiger charge is -2.20. The molecule has 26 heavy (non-hydrogen) atoms. The van der Waals surface area contributed by atoms with Crippen LogP contribution < -0.4 is 21.3 Å². The largest absolute Gasteiger partial charge is 0.369 e. The van der Waals surface area contributed by atoms with Gasteiger partial charge < -0.3 is 21.3 Å². The fourth-order valence-electron chi connectivity index (χ4n) is 3.16. The summed E-state index contributed by atoms with van der Waals surface area (Å²) in [6, 6.07) is 18.1. The first kappa shape index (κ1) is 17.8. The number of rotatable bonds is 5. The van der Waals surface area contributed by atoms with Crippen LogP contribution in [0.25, 0.3) is 0 Å². The summed E-state index contributed by atoms with van der Waals surface area (Å²) in [5.74, 6) is 0.343. The van der Waals surface area contributed by atoms with E-state index in [0.717, 1.165) is 31.0 Å². The van der Waals surface area contributed by atoms with E-state index in [9.17, 15) is 4.79 Å². The van der Waals surface area contributed by atoms with Gasteiger partial charge in [0.15, 0.2) is 5.96 Å². The first-order valence-electron chi connectivity index (χ1n) is 8.81. The van der Waals surface area contributed by atoms with E-state index in [-0.39, 0.29) is 0 Å². The van der Waals surface area contributed by atoms with E-state index >= 15 is 0 Å². The van der Waals surface area contributed by atoms with Crippen LogP contribution in [0.5, 0.6) is 0 Å². The molecule has 1 atom stereocenters. The molecule has 0 spiro atoms. The van der Waals surface area contributed by atoms with E-state index in [1.165, 1.54) is 5.69 Å². The summed E-state index contributed by atoms with van der Waals surface area (Å²) < 4.78 is 0. The van der Waals surface area contributed by atoms with Crippen LogP contribution in [0.3, 0.4) is 0 Å². The Hall–Kier alpha value is -3.02. The predicted octanol–water partition coefficient (Wildman–Crippen LogP) is 1.73. The second-order valence-corrected chi connectivity index (χ2v) is 6.40. The highest BCUT2D eigenvalue weighted by atomic mass is 16.1. The number of hydrogen-bond acceptors (Lipinski definition) is 3. The molecule has 1 aliphatic rings. The maximum atomic E-state index is 11.3. The monoisotopic (exact) mass is 351 g/mol. The van der Waals surface area contributed by atoms with Gasteiger partial charge in [0.25, 0.3) is 0 Å². The van der Waals surface area contributed by atoms with Crippen LogP contribution in [0.4, 0.5) is 5.69 Å². The van der Waals surface area contributed by atoms with Gasteiger partial charge in [-0.1, -0.05) is 30.3 Å². The van der Waals surface area contributed by atoms with Gasteiger partial charge in [0.2, 0.25) is 5.91 Å². The number of amides is 1. The number of nitrogens with one attached hydrogen (secondary N) is 2. The maximum Gasteiger partial charge on any atom is 0.248 e. The Morgan fingerprint density at radius 2 is 2.04 bits per heavy atom. The molecule has 0 saturated carbocycles. The number of nitrogens with two attached hydrogens (primary N) is 1. The number of aliphatic imine (C=N–C) groups is 1. The molecule has 1 amide bonds. The Labute approximate surface area is 154 Å². The van der Waals surface area contributed by atoms with E-state index in [2.05, 4.69) is 44.8 Å². The molecule has 1 aliphatic heterocycles. The van der Waals surface area contributed by atoms with Crippen molar-refractivity contribution in [1.82, 2.24) is 10.6 Å². The summed E-state index contributed by atoms with van der Waals surface area (Å²) >= 11 is 0. The van der Waals surface area contributed by atoms with Gasteiger partial charge in [-0.15, -0.1) is 0 Å². The average molecular weight is 351 g/mol. The molecule has 136 valence electrons. The van der Waals surface area contributed by atoms with Crippen molar-refractivity contribution in [3.8, 4) is 0 Å². The highest BCUT2D eigenvalue weighted by Gasteiger charge is 2.23. The number of carbonyl (C=O) groups excluding carboxylic acids is 1. The summed E-state index contributed by atoms with van der Waals surface area (Å²) in [5.41, 5.74) is 8.09. The Bertz CT molecular complexity index is 775. The zero-order valence-corrected chi connectivity index (χ0v) is 15.0. The summed E-state index contributed by atoms with van der Waals surface area (Å²) in [4.78, 5) is 18.0. The summed E-state index contributed by atoms with van der Waals surface area (Å²) in [7, 11) is 1.76. The van der Waals surface area contributed by atoms with Crippen LogP contribution >= 0.6 is 0 Å². The van der Waals surface area contributed by atoms with Crippen LogP contribution in [0, 0.1) is 0 Å². The van der Waals surface area contributed by atoms with Gasteiger partial charge in [-0.25, -0.2) is 0 Å². The lowest BCUT2D eigenvalue weighted by Crippen LogP contribution is -2.44.